The fourth-order valence-corrected chi connectivity index (χ4v) is 7.94. The summed E-state index contributed by atoms with van der Waals surface area (Å²) in [7, 11) is 0. The highest BCUT2D eigenvalue weighted by molar-refractivity contribution is 7.16. The molecular formula is C28H31N9OS. The number of thiophene rings is 1. The molecule has 3 aliphatic rings. The topological polar surface area (TPSA) is 135 Å². The second-order valence-corrected chi connectivity index (χ2v) is 12.0. The van der Waals surface area contributed by atoms with Crippen molar-refractivity contribution < 1.29 is 4.52 Å². The van der Waals surface area contributed by atoms with Crippen LogP contribution in [0.15, 0.2) is 29.3 Å². The molecule has 1 spiro atoms. The molecular weight excluding hydrogens is 510 g/mol. The predicted molar refractivity (Wildman–Crippen MR) is 149 cm³/mol. The number of aryl methyl sites for hydroxylation is 1. The maximum absolute atomic E-state index is 10.0. The van der Waals surface area contributed by atoms with E-state index in [1.165, 1.54) is 4.88 Å². The standard InChI is InChI=1S/C28H31N9OS/c1-17-15-31-9-4-11-37(17)22-13-21(36-12-10-32-16-36)33-27(34-22)24-18-5-2-7-28(25(18)38-35-24)8-3-6-20-23(28)19(14-29)26(30)39-20/h10,12-13,16-17,31H,2-9,11,15,30H2,1H3/t17-,28-/m0/s1. The first-order chi connectivity index (χ1) is 19.1. The number of nitrogen functional groups attached to an aromatic ring is 1. The highest BCUT2D eigenvalue weighted by Gasteiger charge is 2.48. The summed E-state index contributed by atoms with van der Waals surface area (Å²) < 4.78 is 8.15. The minimum absolute atomic E-state index is 0.287. The van der Waals surface area contributed by atoms with Crippen molar-refractivity contribution in [2.75, 3.05) is 30.3 Å². The summed E-state index contributed by atoms with van der Waals surface area (Å²) in [4.78, 5) is 17.8. The average Bonchev–Trinajstić information content (AvgIpc) is 3.67. The van der Waals surface area contributed by atoms with Gasteiger partial charge in [-0.3, -0.25) is 4.57 Å². The normalized spacial score (nSPS) is 22.8. The van der Waals surface area contributed by atoms with Crippen molar-refractivity contribution in [3.05, 3.63) is 52.1 Å². The molecule has 2 atom stereocenters. The van der Waals surface area contributed by atoms with Gasteiger partial charge in [0.1, 0.15) is 29.0 Å². The van der Waals surface area contributed by atoms with Crippen LogP contribution in [0.4, 0.5) is 10.8 Å². The van der Waals surface area contributed by atoms with E-state index in [1.807, 2.05) is 16.8 Å². The second-order valence-electron chi connectivity index (χ2n) is 10.9. The molecule has 10 nitrogen and oxygen atoms in total. The SMILES string of the molecule is C[C@H]1CNCCCN1c1cc(-n2ccnc2)nc(-c2noc3c2CCC[C@@]32CCCc3sc(N)c(C#N)c32)n1. The molecule has 0 unspecified atom stereocenters. The van der Waals surface area contributed by atoms with E-state index in [0.717, 1.165) is 93.1 Å². The number of aromatic nitrogens is 5. The summed E-state index contributed by atoms with van der Waals surface area (Å²) in [6.45, 7) is 5.02. The van der Waals surface area contributed by atoms with Crippen LogP contribution in [0.5, 0.6) is 0 Å². The molecule has 2 aliphatic carbocycles. The first-order valence-electron chi connectivity index (χ1n) is 13.7. The zero-order valence-electron chi connectivity index (χ0n) is 22.0. The Morgan fingerprint density at radius 3 is 2.87 bits per heavy atom. The van der Waals surface area contributed by atoms with Crippen molar-refractivity contribution in [2.45, 2.75) is 63.3 Å². The number of hydrogen-bond donors (Lipinski definition) is 2. The van der Waals surface area contributed by atoms with Gasteiger partial charge in [0, 0.05) is 48.0 Å². The van der Waals surface area contributed by atoms with Crippen LogP contribution in [-0.2, 0) is 18.3 Å². The lowest BCUT2D eigenvalue weighted by Crippen LogP contribution is -2.38. The third-order valence-corrected chi connectivity index (χ3v) is 9.64. The number of nitrogens with one attached hydrogen (secondary N) is 1. The Balaban J connectivity index is 1.38. The molecule has 11 heteroatoms. The molecule has 7 rings (SSSR count). The van der Waals surface area contributed by atoms with E-state index in [9.17, 15) is 5.26 Å². The van der Waals surface area contributed by atoms with Crippen LogP contribution in [-0.4, -0.2) is 50.4 Å². The number of anilines is 2. The van der Waals surface area contributed by atoms with Crippen LogP contribution >= 0.6 is 11.3 Å². The third-order valence-electron chi connectivity index (χ3n) is 8.56. The second kappa shape index (κ2) is 9.47. The van der Waals surface area contributed by atoms with Crippen molar-refractivity contribution in [1.82, 2.24) is 30.0 Å². The summed E-state index contributed by atoms with van der Waals surface area (Å²) in [6.07, 6.45) is 12.1. The van der Waals surface area contributed by atoms with Crippen LogP contribution in [0.25, 0.3) is 17.3 Å². The van der Waals surface area contributed by atoms with Gasteiger partial charge in [0.15, 0.2) is 17.3 Å². The molecule has 1 fully saturated rings. The Hall–Kier alpha value is -3.75. The molecule has 0 saturated carbocycles. The highest BCUT2D eigenvalue weighted by Crippen LogP contribution is 2.55. The molecule has 0 amide bonds. The molecule has 39 heavy (non-hydrogen) atoms. The molecule has 5 heterocycles. The number of nitriles is 1. The van der Waals surface area contributed by atoms with Crippen molar-refractivity contribution >= 4 is 22.2 Å². The van der Waals surface area contributed by atoms with Gasteiger partial charge in [-0.1, -0.05) is 5.16 Å². The largest absolute Gasteiger partial charge is 0.389 e. The number of nitrogens with zero attached hydrogens (tertiary/aromatic N) is 7. The van der Waals surface area contributed by atoms with E-state index in [2.05, 4.69) is 33.4 Å². The lowest BCUT2D eigenvalue weighted by Gasteiger charge is -2.39. The number of hydrogen-bond acceptors (Lipinski definition) is 10. The molecule has 0 radical (unpaired) electrons. The van der Waals surface area contributed by atoms with Crippen LogP contribution in [0, 0.1) is 11.3 Å². The lowest BCUT2D eigenvalue weighted by atomic mass is 9.63. The maximum Gasteiger partial charge on any atom is 0.186 e. The predicted octanol–water partition coefficient (Wildman–Crippen LogP) is 3.98. The lowest BCUT2D eigenvalue weighted by molar-refractivity contribution is 0.265. The number of imidazole rings is 1. The molecule has 4 aromatic heterocycles. The van der Waals surface area contributed by atoms with E-state index in [0.29, 0.717) is 22.1 Å². The number of fused-ring (bicyclic) bond motifs is 4. The maximum atomic E-state index is 10.0. The monoisotopic (exact) mass is 541 g/mol. The molecule has 1 saturated heterocycles. The average molecular weight is 542 g/mol. The van der Waals surface area contributed by atoms with Gasteiger partial charge in [-0.25, -0.2) is 15.0 Å². The van der Waals surface area contributed by atoms with E-state index >= 15 is 0 Å². The quantitative estimate of drug-likeness (QED) is 0.395. The van der Waals surface area contributed by atoms with E-state index in [4.69, 9.17) is 20.2 Å². The van der Waals surface area contributed by atoms with Crippen LogP contribution in [0.3, 0.4) is 0 Å². The van der Waals surface area contributed by atoms with E-state index in [1.54, 1.807) is 23.9 Å². The first-order valence-corrected chi connectivity index (χ1v) is 14.6. The Bertz CT molecular complexity index is 1560. The summed E-state index contributed by atoms with van der Waals surface area (Å²) in [5.74, 6) is 3.05. The summed E-state index contributed by atoms with van der Waals surface area (Å²) in [5.41, 5.74) is 9.39. The van der Waals surface area contributed by atoms with Crippen molar-refractivity contribution in [3.63, 3.8) is 0 Å². The first kappa shape index (κ1) is 24.3. The van der Waals surface area contributed by atoms with Crippen molar-refractivity contribution in [2.24, 2.45) is 0 Å². The summed E-state index contributed by atoms with van der Waals surface area (Å²) in [6, 6.07) is 4.72. The fourth-order valence-electron chi connectivity index (χ4n) is 6.78. The smallest absolute Gasteiger partial charge is 0.186 e. The van der Waals surface area contributed by atoms with Crippen LogP contribution in [0.1, 0.15) is 66.4 Å². The van der Waals surface area contributed by atoms with Gasteiger partial charge in [0.2, 0.25) is 0 Å². The van der Waals surface area contributed by atoms with Crippen LogP contribution < -0.4 is 16.0 Å². The Morgan fingerprint density at radius 1 is 1.21 bits per heavy atom. The molecule has 4 aromatic rings. The molecule has 0 aromatic carbocycles. The highest BCUT2D eigenvalue weighted by atomic mass is 32.1. The fraction of sp³-hybridized carbons (Fsp3) is 0.464. The van der Waals surface area contributed by atoms with E-state index < -0.39 is 0 Å². The van der Waals surface area contributed by atoms with Crippen molar-refractivity contribution in [1.29, 1.82) is 5.26 Å². The molecule has 3 N–H and O–H groups in total. The minimum Gasteiger partial charge on any atom is -0.389 e. The van der Waals surface area contributed by atoms with Crippen LogP contribution in [0.2, 0.25) is 0 Å². The van der Waals surface area contributed by atoms with E-state index in [-0.39, 0.29) is 11.5 Å². The third kappa shape index (κ3) is 3.85. The zero-order valence-corrected chi connectivity index (χ0v) is 22.8. The Morgan fingerprint density at radius 2 is 2.05 bits per heavy atom. The van der Waals surface area contributed by atoms with Gasteiger partial charge in [0.25, 0.3) is 0 Å². The Kier molecular flexibility index (Phi) is 5.90. The van der Waals surface area contributed by atoms with Gasteiger partial charge < -0.3 is 20.5 Å². The van der Waals surface area contributed by atoms with Gasteiger partial charge in [0.05, 0.1) is 11.0 Å². The molecule has 200 valence electrons. The summed E-state index contributed by atoms with van der Waals surface area (Å²) in [5, 5.41) is 18.8. The molecule has 0 bridgehead atoms. The number of rotatable bonds is 3. The number of nitrogens with two attached hydrogens (primary N) is 1. The van der Waals surface area contributed by atoms with Gasteiger partial charge >= 0.3 is 0 Å². The minimum atomic E-state index is -0.374. The Labute approximate surface area is 230 Å². The van der Waals surface area contributed by atoms with Gasteiger partial charge in [-0.05, 0) is 64.0 Å². The van der Waals surface area contributed by atoms with Gasteiger partial charge in [-0.2, -0.15) is 5.26 Å². The summed E-state index contributed by atoms with van der Waals surface area (Å²) >= 11 is 1.56. The van der Waals surface area contributed by atoms with Gasteiger partial charge in [-0.15, -0.1) is 11.3 Å². The zero-order chi connectivity index (χ0) is 26.6. The van der Waals surface area contributed by atoms with Crippen molar-refractivity contribution in [3.8, 4) is 23.4 Å². The molecule has 1 aliphatic heterocycles.